The first-order valence-corrected chi connectivity index (χ1v) is 7.08. The van der Waals surface area contributed by atoms with Gasteiger partial charge in [-0.1, -0.05) is 36.4 Å². The van der Waals surface area contributed by atoms with Crippen molar-refractivity contribution in [3.05, 3.63) is 77.9 Å². The average Bonchev–Trinajstić information content (AvgIpc) is 2.60. The van der Waals surface area contributed by atoms with Crippen LogP contribution < -0.4 is 4.74 Å². The van der Waals surface area contributed by atoms with E-state index in [1.165, 1.54) is 43.5 Å². The minimum atomic E-state index is -3.59. The fourth-order valence-electron chi connectivity index (χ4n) is 2.44. The van der Waals surface area contributed by atoms with Gasteiger partial charge >= 0.3 is 5.92 Å². The number of carbonyl (C=O) groups excluding carboxylic acids is 1. The van der Waals surface area contributed by atoms with E-state index in [1.807, 2.05) is 12.1 Å². The molecule has 0 fully saturated rings. The van der Waals surface area contributed by atoms with Gasteiger partial charge in [0.25, 0.3) is 0 Å². The minimum Gasteiger partial charge on any atom is -0.497 e. The maximum atomic E-state index is 14.5. The highest BCUT2D eigenvalue weighted by Crippen LogP contribution is 2.33. The molecule has 3 aromatic carbocycles. The predicted octanol–water partition coefficient (Wildman–Crippen LogP) is 4.82. The highest BCUT2D eigenvalue weighted by Gasteiger charge is 2.41. The third kappa shape index (κ3) is 2.80. The van der Waals surface area contributed by atoms with Crippen molar-refractivity contribution < 1.29 is 18.3 Å². The molecule has 0 aliphatic carbocycles. The largest absolute Gasteiger partial charge is 0.497 e. The third-order valence-electron chi connectivity index (χ3n) is 3.75. The Morgan fingerprint density at radius 3 is 2.22 bits per heavy atom. The van der Waals surface area contributed by atoms with Gasteiger partial charge in [0.05, 0.1) is 7.11 Å². The molecule has 4 heteroatoms. The molecule has 0 heterocycles. The number of ether oxygens (including phenoxy) is 1. The number of hydrogen-bond acceptors (Lipinski definition) is 2. The topological polar surface area (TPSA) is 26.3 Å². The molecule has 23 heavy (non-hydrogen) atoms. The number of alkyl halides is 2. The SMILES string of the molecule is COc1ccc(C(F)(F)C(=O)c2ccc3ccccc3c2)cc1. The van der Waals surface area contributed by atoms with E-state index in [0.717, 1.165) is 10.8 Å². The molecule has 0 aromatic heterocycles. The summed E-state index contributed by atoms with van der Waals surface area (Å²) in [7, 11) is 1.45. The van der Waals surface area contributed by atoms with E-state index in [-0.39, 0.29) is 11.1 Å². The number of halogens is 2. The fourth-order valence-corrected chi connectivity index (χ4v) is 2.44. The third-order valence-corrected chi connectivity index (χ3v) is 3.75. The smallest absolute Gasteiger partial charge is 0.334 e. The van der Waals surface area contributed by atoms with E-state index in [9.17, 15) is 13.6 Å². The zero-order valence-corrected chi connectivity index (χ0v) is 12.4. The highest BCUT2D eigenvalue weighted by molar-refractivity contribution is 6.04. The lowest BCUT2D eigenvalue weighted by Crippen LogP contribution is -2.26. The van der Waals surface area contributed by atoms with E-state index in [4.69, 9.17) is 4.74 Å². The van der Waals surface area contributed by atoms with E-state index in [1.54, 1.807) is 18.2 Å². The number of carbonyl (C=O) groups is 1. The van der Waals surface area contributed by atoms with E-state index < -0.39 is 11.7 Å². The molecular formula is C19H14F2O2. The van der Waals surface area contributed by atoms with Crippen molar-refractivity contribution in [3.63, 3.8) is 0 Å². The highest BCUT2D eigenvalue weighted by atomic mass is 19.3. The number of methoxy groups -OCH3 is 1. The van der Waals surface area contributed by atoms with Crippen LogP contribution in [0.4, 0.5) is 8.78 Å². The van der Waals surface area contributed by atoms with Crippen LogP contribution in [0.5, 0.6) is 5.75 Å². The predicted molar refractivity (Wildman–Crippen MR) is 85.2 cm³/mol. The van der Waals surface area contributed by atoms with E-state index in [2.05, 4.69) is 0 Å². The molecule has 0 spiro atoms. The summed E-state index contributed by atoms with van der Waals surface area (Å²) in [6.07, 6.45) is 0. The van der Waals surface area contributed by atoms with Gasteiger partial charge in [0.1, 0.15) is 5.75 Å². The fraction of sp³-hybridized carbons (Fsp3) is 0.105. The van der Waals surface area contributed by atoms with Crippen LogP contribution >= 0.6 is 0 Å². The summed E-state index contributed by atoms with van der Waals surface area (Å²) in [6, 6.07) is 17.2. The first-order chi connectivity index (χ1) is 11.0. The standard InChI is InChI=1S/C19H14F2O2/c1-23-17-10-8-16(9-11-17)19(20,21)18(22)15-7-6-13-4-2-3-5-14(13)12-15/h2-12H,1H3. The van der Waals surface area contributed by atoms with E-state index in [0.29, 0.717) is 5.75 Å². The molecular weight excluding hydrogens is 298 g/mol. The Morgan fingerprint density at radius 2 is 1.57 bits per heavy atom. The number of fused-ring (bicyclic) bond motifs is 1. The van der Waals surface area contributed by atoms with Crippen molar-refractivity contribution in [1.82, 2.24) is 0 Å². The first kappa shape index (κ1) is 15.2. The van der Waals surface area contributed by atoms with Gasteiger partial charge in [0, 0.05) is 11.1 Å². The Bertz CT molecular complexity index is 855. The van der Waals surface area contributed by atoms with Crippen LogP contribution in [0.15, 0.2) is 66.7 Å². The molecule has 0 aliphatic heterocycles. The molecule has 0 bridgehead atoms. The quantitative estimate of drug-likeness (QED) is 0.645. The number of benzene rings is 3. The monoisotopic (exact) mass is 312 g/mol. The van der Waals surface area contributed by atoms with Crippen molar-refractivity contribution >= 4 is 16.6 Å². The summed E-state index contributed by atoms with van der Waals surface area (Å²) in [6.45, 7) is 0. The van der Waals surface area contributed by atoms with Crippen LogP contribution in [-0.4, -0.2) is 12.9 Å². The summed E-state index contributed by atoms with van der Waals surface area (Å²) in [5, 5.41) is 1.65. The number of ketones is 1. The maximum absolute atomic E-state index is 14.5. The summed E-state index contributed by atoms with van der Waals surface area (Å²) in [5.41, 5.74) is -0.360. The van der Waals surface area contributed by atoms with Crippen molar-refractivity contribution in [2.24, 2.45) is 0 Å². The Kier molecular flexibility index (Phi) is 3.82. The first-order valence-electron chi connectivity index (χ1n) is 7.08. The van der Waals surface area contributed by atoms with Crippen molar-refractivity contribution in [3.8, 4) is 5.75 Å². The molecule has 0 atom stereocenters. The van der Waals surface area contributed by atoms with Crippen molar-refractivity contribution in [2.75, 3.05) is 7.11 Å². The Labute approximate surface area is 132 Å². The molecule has 0 aliphatic rings. The molecule has 3 rings (SSSR count). The summed E-state index contributed by atoms with van der Waals surface area (Å²) in [4.78, 5) is 12.3. The van der Waals surface area contributed by atoms with Gasteiger partial charge in [0.2, 0.25) is 5.78 Å². The minimum absolute atomic E-state index is 0.00971. The maximum Gasteiger partial charge on any atom is 0.334 e. The molecule has 0 N–H and O–H groups in total. The Hall–Kier alpha value is -2.75. The zero-order valence-electron chi connectivity index (χ0n) is 12.4. The number of rotatable bonds is 4. The van der Waals surface area contributed by atoms with Crippen LogP contribution in [0, 0.1) is 0 Å². The lowest BCUT2D eigenvalue weighted by molar-refractivity contribution is 0.00742. The van der Waals surface area contributed by atoms with E-state index >= 15 is 0 Å². The van der Waals surface area contributed by atoms with Gasteiger partial charge in [-0.2, -0.15) is 8.78 Å². The molecule has 3 aromatic rings. The lowest BCUT2D eigenvalue weighted by atomic mass is 9.97. The second kappa shape index (κ2) is 5.80. The normalized spacial score (nSPS) is 11.4. The van der Waals surface area contributed by atoms with Gasteiger partial charge in [0.15, 0.2) is 0 Å². The second-order valence-electron chi connectivity index (χ2n) is 5.19. The molecule has 0 radical (unpaired) electrons. The van der Waals surface area contributed by atoms with Crippen molar-refractivity contribution in [1.29, 1.82) is 0 Å². The van der Waals surface area contributed by atoms with Crippen molar-refractivity contribution in [2.45, 2.75) is 5.92 Å². The van der Waals surface area contributed by atoms with Crippen LogP contribution in [0.2, 0.25) is 0 Å². The summed E-state index contributed by atoms with van der Waals surface area (Å²) in [5.74, 6) is -4.34. The number of hydrogen-bond donors (Lipinski definition) is 0. The average molecular weight is 312 g/mol. The van der Waals surface area contributed by atoms with Gasteiger partial charge in [-0.3, -0.25) is 4.79 Å². The van der Waals surface area contributed by atoms with Gasteiger partial charge < -0.3 is 4.74 Å². The van der Waals surface area contributed by atoms with Crippen LogP contribution in [0.1, 0.15) is 15.9 Å². The number of Topliss-reactive ketones (excluding diaryl/α,β-unsaturated/α-hetero) is 1. The summed E-state index contributed by atoms with van der Waals surface area (Å²) < 4.78 is 33.9. The molecule has 0 saturated heterocycles. The van der Waals surface area contributed by atoms with Gasteiger partial charge in [-0.25, -0.2) is 0 Å². The lowest BCUT2D eigenvalue weighted by Gasteiger charge is -2.16. The zero-order chi connectivity index (χ0) is 16.4. The molecule has 2 nitrogen and oxygen atoms in total. The van der Waals surface area contributed by atoms with Gasteiger partial charge in [-0.05, 0) is 41.1 Å². The molecule has 0 unspecified atom stereocenters. The molecule has 0 saturated carbocycles. The summed E-state index contributed by atoms with van der Waals surface area (Å²) >= 11 is 0. The Morgan fingerprint density at radius 1 is 0.913 bits per heavy atom. The Balaban J connectivity index is 1.98. The van der Waals surface area contributed by atoms with Crippen LogP contribution in [0.3, 0.4) is 0 Å². The van der Waals surface area contributed by atoms with Crippen LogP contribution in [0.25, 0.3) is 10.8 Å². The van der Waals surface area contributed by atoms with Gasteiger partial charge in [-0.15, -0.1) is 0 Å². The molecule has 116 valence electrons. The molecule has 0 amide bonds. The second-order valence-corrected chi connectivity index (χ2v) is 5.19. The van der Waals surface area contributed by atoms with Crippen LogP contribution in [-0.2, 0) is 5.92 Å².